The Hall–Kier alpha value is -1.17. The van der Waals surface area contributed by atoms with Gasteiger partial charge in [0.25, 0.3) is 5.69 Å². The van der Waals surface area contributed by atoms with Crippen molar-refractivity contribution >= 4 is 17.3 Å². The number of nitrogens with two attached hydrogens (primary N) is 1. The number of benzene rings is 1. The third-order valence-corrected chi connectivity index (χ3v) is 2.43. The quantitative estimate of drug-likeness (QED) is 0.620. The molecule has 0 saturated carbocycles. The Balaban J connectivity index is 3.10. The maximum absolute atomic E-state index is 10.8. The average Bonchev–Trinajstić information content (AvgIpc) is 2.16. The highest BCUT2D eigenvalue weighted by Crippen LogP contribution is 2.25. The van der Waals surface area contributed by atoms with Gasteiger partial charge in [-0.1, -0.05) is 11.6 Å². The number of rotatable bonds is 4. The van der Waals surface area contributed by atoms with E-state index in [0.29, 0.717) is 10.6 Å². The van der Waals surface area contributed by atoms with Gasteiger partial charge < -0.3 is 10.8 Å². The first-order chi connectivity index (χ1) is 7.35. The summed E-state index contributed by atoms with van der Waals surface area (Å²) in [5, 5.41) is 20.2. The van der Waals surface area contributed by atoms with E-state index in [0.717, 1.165) is 0 Å². The SMILES string of the molecule is CC(N)(CO)Cc1cc(Cl)ccc1[N+](=O)[O-]. The van der Waals surface area contributed by atoms with Gasteiger partial charge >= 0.3 is 0 Å². The van der Waals surface area contributed by atoms with Crippen molar-refractivity contribution in [1.29, 1.82) is 0 Å². The van der Waals surface area contributed by atoms with E-state index >= 15 is 0 Å². The second-order valence-corrected chi connectivity index (χ2v) is 4.46. The summed E-state index contributed by atoms with van der Waals surface area (Å²) in [7, 11) is 0. The Bertz CT molecular complexity index is 407. The molecule has 0 aromatic heterocycles. The first kappa shape index (κ1) is 12.9. The van der Waals surface area contributed by atoms with Crippen LogP contribution in [0.4, 0.5) is 5.69 Å². The summed E-state index contributed by atoms with van der Waals surface area (Å²) < 4.78 is 0. The van der Waals surface area contributed by atoms with Crippen LogP contribution in [0.3, 0.4) is 0 Å². The number of nitro benzene ring substituents is 1. The zero-order valence-corrected chi connectivity index (χ0v) is 9.57. The fourth-order valence-electron chi connectivity index (χ4n) is 1.36. The molecule has 0 heterocycles. The number of hydrogen-bond acceptors (Lipinski definition) is 4. The largest absolute Gasteiger partial charge is 0.394 e. The lowest BCUT2D eigenvalue weighted by Crippen LogP contribution is -2.42. The number of nitrogens with zero attached hydrogens (tertiary/aromatic N) is 1. The van der Waals surface area contributed by atoms with Gasteiger partial charge in [-0.2, -0.15) is 0 Å². The Morgan fingerprint density at radius 3 is 2.75 bits per heavy atom. The van der Waals surface area contributed by atoms with Crippen molar-refractivity contribution in [2.45, 2.75) is 18.9 Å². The molecule has 0 aliphatic heterocycles. The number of halogens is 1. The predicted molar refractivity (Wildman–Crippen MR) is 61.5 cm³/mol. The summed E-state index contributed by atoms with van der Waals surface area (Å²) >= 11 is 5.77. The molecule has 5 nitrogen and oxygen atoms in total. The standard InChI is InChI=1S/C10H13ClN2O3/c1-10(12,6-14)5-7-4-8(11)2-3-9(7)13(15)16/h2-4,14H,5-6,12H2,1H3. The molecule has 1 rings (SSSR count). The van der Waals surface area contributed by atoms with Crippen molar-refractivity contribution in [3.63, 3.8) is 0 Å². The van der Waals surface area contributed by atoms with Crippen molar-refractivity contribution in [2.75, 3.05) is 6.61 Å². The molecule has 0 aliphatic rings. The molecule has 3 N–H and O–H groups in total. The molecule has 0 amide bonds. The van der Waals surface area contributed by atoms with E-state index in [9.17, 15) is 10.1 Å². The fourth-order valence-corrected chi connectivity index (χ4v) is 1.56. The van der Waals surface area contributed by atoms with Gasteiger partial charge in [0.1, 0.15) is 0 Å². The molecule has 6 heteroatoms. The van der Waals surface area contributed by atoms with Crippen LogP contribution >= 0.6 is 11.6 Å². The highest BCUT2D eigenvalue weighted by Gasteiger charge is 2.23. The van der Waals surface area contributed by atoms with Gasteiger partial charge in [0.2, 0.25) is 0 Å². The number of aliphatic hydroxyl groups excluding tert-OH is 1. The van der Waals surface area contributed by atoms with Crippen LogP contribution in [0.25, 0.3) is 0 Å². The van der Waals surface area contributed by atoms with Crippen LogP contribution < -0.4 is 5.73 Å². The van der Waals surface area contributed by atoms with Gasteiger partial charge in [0, 0.05) is 22.2 Å². The molecular weight excluding hydrogens is 232 g/mol. The Morgan fingerprint density at radius 2 is 2.25 bits per heavy atom. The zero-order chi connectivity index (χ0) is 12.3. The van der Waals surface area contributed by atoms with Crippen molar-refractivity contribution in [3.8, 4) is 0 Å². The highest BCUT2D eigenvalue weighted by molar-refractivity contribution is 6.30. The molecule has 0 saturated heterocycles. The van der Waals surface area contributed by atoms with Crippen molar-refractivity contribution in [3.05, 3.63) is 38.9 Å². The van der Waals surface area contributed by atoms with E-state index in [-0.39, 0.29) is 18.7 Å². The number of hydrogen-bond donors (Lipinski definition) is 2. The molecule has 1 aromatic rings. The molecule has 88 valence electrons. The second-order valence-electron chi connectivity index (χ2n) is 4.02. The Kier molecular flexibility index (Phi) is 3.85. The lowest BCUT2D eigenvalue weighted by Gasteiger charge is -2.21. The lowest BCUT2D eigenvalue weighted by molar-refractivity contribution is -0.385. The molecule has 0 bridgehead atoms. The molecule has 0 aliphatic carbocycles. The minimum absolute atomic E-state index is 0.0328. The highest BCUT2D eigenvalue weighted by atomic mass is 35.5. The summed E-state index contributed by atoms with van der Waals surface area (Å²) in [6.07, 6.45) is 0.195. The monoisotopic (exact) mass is 244 g/mol. The first-order valence-electron chi connectivity index (χ1n) is 4.68. The third-order valence-electron chi connectivity index (χ3n) is 2.19. The Morgan fingerprint density at radius 1 is 1.62 bits per heavy atom. The summed E-state index contributed by atoms with van der Waals surface area (Å²) in [5.74, 6) is 0. The van der Waals surface area contributed by atoms with Crippen LogP contribution in [-0.2, 0) is 6.42 Å². The van der Waals surface area contributed by atoms with Gasteiger partial charge in [-0.25, -0.2) is 0 Å². The maximum atomic E-state index is 10.8. The Labute approximate surface area is 98.0 Å². The van der Waals surface area contributed by atoms with Crippen molar-refractivity contribution in [2.24, 2.45) is 5.73 Å². The van der Waals surface area contributed by atoms with E-state index in [1.54, 1.807) is 6.92 Å². The molecular formula is C10H13ClN2O3. The van der Waals surface area contributed by atoms with Gasteiger partial charge in [-0.05, 0) is 25.5 Å². The van der Waals surface area contributed by atoms with Crippen LogP contribution in [0.1, 0.15) is 12.5 Å². The topological polar surface area (TPSA) is 89.4 Å². The smallest absolute Gasteiger partial charge is 0.272 e. The van der Waals surface area contributed by atoms with Gasteiger partial charge in [-0.15, -0.1) is 0 Å². The third kappa shape index (κ3) is 3.16. The molecule has 0 spiro atoms. The summed E-state index contributed by atoms with van der Waals surface area (Å²) in [6, 6.07) is 4.29. The van der Waals surface area contributed by atoms with Crippen molar-refractivity contribution < 1.29 is 10.0 Å². The van der Waals surface area contributed by atoms with E-state index in [1.165, 1.54) is 18.2 Å². The van der Waals surface area contributed by atoms with E-state index < -0.39 is 10.5 Å². The fraction of sp³-hybridized carbons (Fsp3) is 0.400. The minimum Gasteiger partial charge on any atom is -0.394 e. The summed E-state index contributed by atoms with van der Waals surface area (Å²) in [6.45, 7) is 1.37. The van der Waals surface area contributed by atoms with E-state index in [1.807, 2.05) is 0 Å². The molecule has 0 fully saturated rings. The van der Waals surface area contributed by atoms with Crippen LogP contribution in [0.5, 0.6) is 0 Å². The molecule has 1 unspecified atom stereocenters. The van der Waals surface area contributed by atoms with Crippen LogP contribution in [0.2, 0.25) is 5.02 Å². The van der Waals surface area contributed by atoms with E-state index in [4.69, 9.17) is 22.4 Å². The second kappa shape index (κ2) is 4.78. The molecule has 1 aromatic carbocycles. The first-order valence-corrected chi connectivity index (χ1v) is 5.06. The lowest BCUT2D eigenvalue weighted by atomic mass is 9.94. The summed E-state index contributed by atoms with van der Waals surface area (Å²) in [4.78, 5) is 10.3. The van der Waals surface area contributed by atoms with E-state index in [2.05, 4.69) is 0 Å². The predicted octanol–water partition coefficient (Wildman–Crippen LogP) is 1.50. The molecule has 0 radical (unpaired) electrons. The van der Waals surface area contributed by atoms with Gasteiger partial charge in [-0.3, -0.25) is 10.1 Å². The average molecular weight is 245 g/mol. The molecule has 16 heavy (non-hydrogen) atoms. The normalized spacial score (nSPS) is 14.5. The van der Waals surface area contributed by atoms with Crippen LogP contribution in [0, 0.1) is 10.1 Å². The zero-order valence-electron chi connectivity index (χ0n) is 8.81. The van der Waals surface area contributed by atoms with Gasteiger partial charge in [0.15, 0.2) is 0 Å². The summed E-state index contributed by atoms with van der Waals surface area (Å²) in [5.41, 5.74) is 5.25. The van der Waals surface area contributed by atoms with Gasteiger partial charge in [0.05, 0.1) is 11.5 Å². The molecule has 1 atom stereocenters. The van der Waals surface area contributed by atoms with Crippen molar-refractivity contribution in [1.82, 2.24) is 0 Å². The minimum atomic E-state index is -0.893. The van der Waals surface area contributed by atoms with Crippen LogP contribution in [0.15, 0.2) is 18.2 Å². The maximum Gasteiger partial charge on any atom is 0.272 e. The van der Waals surface area contributed by atoms with Crippen LogP contribution in [-0.4, -0.2) is 22.2 Å². The number of nitro groups is 1. The number of aliphatic hydroxyl groups is 1.